The SMILES string of the molecule is Cc1cc(/C=C2/C(=O)NN(c3ccccc3)C2=O)c(C)n1-c1ccc(N(C)C)cc1. The van der Waals surface area contributed by atoms with Crippen molar-refractivity contribution in [3.05, 3.63) is 83.2 Å². The normalized spacial score (nSPS) is 15.1. The average Bonchev–Trinajstić information content (AvgIpc) is 3.18. The number of carbonyl (C=O) groups excluding carboxylic acids is 2. The molecule has 0 aliphatic carbocycles. The van der Waals surface area contributed by atoms with Gasteiger partial charge in [-0.2, -0.15) is 0 Å². The van der Waals surface area contributed by atoms with E-state index in [0.717, 1.165) is 28.3 Å². The second kappa shape index (κ2) is 7.55. The lowest BCUT2D eigenvalue weighted by atomic mass is 10.1. The van der Waals surface area contributed by atoms with E-state index in [0.29, 0.717) is 5.69 Å². The molecule has 0 saturated carbocycles. The Labute approximate surface area is 176 Å². The van der Waals surface area contributed by atoms with Gasteiger partial charge in [-0.15, -0.1) is 0 Å². The van der Waals surface area contributed by atoms with Crippen molar-refractivity contribution in [2.45, 2.75) is 13.8 Å². The van der Waals surface area contributed by atoms with E-state index in [4.69, 9.17) is 0 Å². The number of nitrogens with one attached hydrogen (secondary N) is 1. The average molecular weight is 400 g/mol. The molecular formula is C24H24N4O2. The van der Waals surface area contributed by atoms with E-state index >= 15 is 0 Å². The molecule has 1 saturated heterocycles. The molecule has 1 fully saturated rings. The third kappa shape index (κ3) is 3.37. The van der Waals surface area contributed by atoms with Crippen LogP contribution in [0, 0.1) is 13.8 Å². The van der Waals surface area contributed by atoms with E-state index in [2.05, 4.69) is 39.2 Å². The Bertz CT molecular complexity index is 1140. The number of para-hydroxylation sites is 1. The standard InChI is InChI=1S/C24H24N4O2/c1-16-14-18(17(2)27(16)20-12-10-19(11-13-20)26(3)4)15-22-23(29)25-28(24(22)30)21-8-6-5-7-9-21/h5-15H,1-4H3,(H,25,29)/b22-15-. The Morgan fingerprint density at radius 3 is 2.20 bits per heavy atom. The van der Waals surface area contributed by atoms with Crippen LogP contribution >= 0.6 is 0 Å². The first-order valence-corrected chi connectivity index (χ1v) is 9.75. The molecule has 1 N–H and O–H groups in total. The van der Waals surface area contributed by atoms with Gasteiger partial charge in [-0.25, -0.2) is 5.01 Å². The van der Waals surface area contributed by atoms with Crippen LogP contribution < -0.4 is 15.3 Å². The monoisotopic (exact) mass is 400 g/mol. The van der Waals surface area contributed by atoms with E-state index in [-0.39, 0.29) is 11.5 Å². The van der Waals surface area contributed by atoms with Crippen molar-refractivity contribution >= 4 is 29.3 Å². The molecule has 0 spiro atoms. The first-order chi connectivity index (χ1) is 14.4. The number of anilines is 2. The van der Waals surface area contributed by atoms with E-state index in [1.165, 1.54) is 5.01 Å². The number of nitrogens with zero attached hydrogens (tertiary/aromatic N) is 3. The Kier molecular flexibility index (Phi) is 4.91. The molecule has 2 amide bonds. The summed E-state index contributed by atoms with van der Waals surface area (Å²) in [6.45, 7) is 4.01. The highest BCUT2D eigenvalue weighted by molar-refractivity contribution is 6.31. The molecular weight excluding hydrogens is 376 g/mol. The van der Waals surface area contributed by atoms with Crippen LogP contribution in [0.15, 0.2) is 66.2 Å². The molecule has 0 bridgehead atoms. The van der Waals surface area contributed by atoms with Gasteiger partial charge in [-0.3, -0.25) is 15.0 Å². The molecule has 152 valence electrons. The van der Waals surface area contributed by atoms with Crippen LogP contribution in [0.1, 0.15) is 17.0 Å². The molecule has 4 rings (SSSR count). The third-order valence-corrected chi connectivity index (χ3v) is 5.30. The van der Waals surface area contributed by atoms with E-state index < -0.39 is 5.91 Å². The minimum absolute atomic E-state index is 0.127. The summed E-state index contributed by atoms with van der Waals surface area (Å²) in [5.74, 6) is -0.754. The maximum absolute atomic E-state index is 12.9. The lowest BCUT2D eigenvalue weighted by Crippen LogP contribution is -2.35. The highest BCUT2D eigenvalue weighted by Crippen LogP contribution is 2.26. The van der Waals surface area contributed by atoms with Gasteiger partial charge in [-0.1, -0.05) is 18.2 Å². The van der Waals surface area contributed by atoms with Gasteiger partial charge in [0.15, 0.2) is 0 Å². The number of aryl methyl sites for hydroxylation is 1. The van der Waals surface area contributed by atoms with Gasteiger partial charge in [-0.05, 0) is 68.0 Å². The van der Waals surface area contributed by atoms with E-state index in [1.54, 1.807) is 18.2 Å². The Morgan fingerprint density at radius 1 is 0.900 bits per heavy atom. The van der Waals surface area contributed by atoms with Crippen molar-refractivity contribution in [1.82, 2.24) is 9.99 Å². The number of rotatable bonds is 4. The largest absolute Gasteiger partial charge is 0.378 e. The van der Waals surface area contributed by atoms with Gasteiger partial charge in [0.05, 0.1) is 5.69 Å². The molecule has 6 nitrogen and oxygen atoms in total. The van der Waals surface area contributed by atoms with Crippen molar-refractivity contribution in [3.63, 3.8) is 0 Å². The highest BCUT2D eigenvalue weighted by atomic mass is 16.2. The van der Waals surface area contributed by atoms with Crippen molar-refractivity contribution in [2.24, 2.45) is 0 Å². The molecule has 6 heteroatoms. The van der Waals surface area contributed by atoms with Crippen LogP contribution in [0.5, 0.6) is 0 Å². The summed E-state index contributed by atoms with van der Waals surface area (Å²) in [6.07, 6.45) is 1.67. The topological polar surface area (TPSA) is 57.6 Å². The minimum Gasteiger partial charge on any atom is -0.378 e. The second-order valence-corrected chi connectivity index (χ2v) is 7.55. The molecule has 1 aliphatic heterocycles. The number of carbonyl (C=O) groups is 2. The minimum atomic E-state index is -0.399. The number of hydrogen-bond donors (Lipinski definition) is 1. The molecule has 1 aromatic heterocycles. The summed E-state index contributed by atoms with van der Waals surface area (Å²) >= 11 is 0. The van der Waals surface area contributed by atoms with Crippen LogP contribution in [-0.4, -0.2) is 30.5 Å². The summed E-state index contributed by atoms with van der Waals surface area (Å²) in [4.78, 5) is 27.4. The third-order valence-electron chi connectivity index (χ3n) is 5.30. The number of aromatic nitrogens is 1. The summed E-state index contributed by atoms with van der Waals surface area (Å²) in [6, 6.07) is 19.3. The quantitative estimate of drug-likeness (QED) is 0.538. The van der Waals surface area contributed by atoms with Crippen molar-refractivity contribution < 1.29 is 9.59 Å². The highest BCUT2D eigenvalue weighted by Gasteiger charge is 2.34. The smallest absolute Gasteiger partial charge is 0.282 e. The second-order valence-electron chi connectivity index (χ2n) is 7.55. The summed E-state index contributed by atoms with van der Waals surface area (Å²) in [7, 11) is 4.02. The fraction of sp³-hybridized carbons (Fsp3) is 0.167. The molecule has 0 atom stereocenters. The van der Waals surface area contributed by atoms with Crippen LogP contribution in [0.3, 0.4) is 0 Å². The van der Waals surface area contributed by atoms with Gasteiger partial charge in [0.1, 0.15) is 5.57 Å². The van der Waals surface area contributed by atoms with E-state index in [1.807, 2.05) is 52.2 Å². The van der Waals surface area contributed by atoms with Crippen LogP contribution in [0.2, 0.25) is 0 Å². The van der Waals surface area contributed by atoms with Crippen LogP contribution in [-0.2, 0) is 9.59 Å². The molecule has 30 heavy (non-hydrogen) atoms. The van der Waals surface area contributed by atoms with Gasteiger partial charge >= 0.3 is 0 Å². The maximum atomic E-state index is 12.9. The number of amides is 2. The predicted octanol–water partition coefficient (Wildman–Crippen LogP) is 3.62. The Balaban J connectivity index is 1.69. The predicted molar refractivity (Wildman–Crippen MR) is 120 cm³/mol. The lowest BCUT2D eigenvalue weighted by molar-refractivity contribution is -0.117. The molecule has 3 aromatic rings. The summed E-state index contributed by atoms with van der Waals surface area (Å²) < 4.78 is 2.12. The Morgan fingerprint density at radius 2 is 1.57 bits per heavy atom. The first-order valence-electron chi connectivity index (χ1n) is 9.75. The fourth-order valence-corrected chi connectivity index (χ4v) is 3.70. The zero-order valence-corrected chi connectivity index (χ0v) is 17.5. The van der Waals surface area contributed by atoms with Crippen molar-refractivity contribution in [1.29, 1.82) is 0 Å². The van der Waals surface area contributed by atoms with Gasteiger partial charge in [0.25, 0.3) is 11.8 Å². The van der Waals surface area contributed by atoms with Crippen molar-refractivity contribution in [2.75, 3.05) is 24.0 Å². The van der Waals surface area contributed by atoms with Crippen LogP contribution in [0.25, 0.3) is 11.8 Å². The lowest BCUT2D eigenvalue weighted by Gasteiger charge is -2.15. The zero-order chi connectivity index (χ0) is 21.4. The fourth-order valence-electron chi connectivity index (χ4n) is 3.70. The van der Waals surface area contributed by atoms with Crippen LogP contribution in [0.4, 0.5) is 11.4 Å². The molecule has 2 heterocycles. The molecule has 0 unspecified atom stereocenters. The van der Waals surface area contributed by atoms with Gasteiger partial charge < -0.3 is 9.47 Å². The molecule has 1 aliphatic rings. The summed E-state index contributed by atoms with van der Waals surface area (Å²) in [5, 5.41) is 1.29. The van der Waals surface area contributed by atoms with Gasteiger partial charge in [0.2, 0.25) is 0 Å². The first kappa shape index (κ1) is 19.5. The number of hydrazine groups is 1. The maximum Gasteiger partial charge on any atom is 0.282 e. The summed E-state index contributed by atoms with van der Waals surface area (Å²) in [5.41, 5.74) is 8.40. The zero-order valence-electron chi connectivity index (χ0n) is 17.5. The Hall–Kier alpha value is -3.80. The number of hydrogen-bond acceptors (Lipinski definition) is 3. The number of benzene rings is 2. The van der Waals surface area contributed by atoms with Gasteiger partial charge in [0, 0.05) is 36.9 Å². The van der Waals surface area contributed by atoms with E-state index in [9.17, 15) is 9.59 Å². The van der Waals surface area contributed by atoms with Crippen molar-refractivity contribution in [3.8, 4) is 5.69 Å². The molecule has 2 aromatic carbocycles. The molecule has 0 radical (unpaired) electrons.